The largest absolute Gasteiger partial charge is 0.480 e. The zero-order valence-electron chi connectivity index (χ0n) is 10.7. The number of aliphatic carboxylic acids is 1. The quantitative estimate of drug-likeness (QED) is 0.546. The van der Waals surface area contributed by atoms with E-state index in [-0.39, 0.29) is 6.42 Å². The highest BCUT2D eigenvalue weighted by Gasteiger charge is 2.64. The van der Waals surface area contributed by atoms with Crippen molar-refractivity contribution < 1.29 is 50.2 Å². The van der Waals surface area contributed by atoms with Gasteiger partial charge in [-0.3, -0.25) is 9.36 Å². The number of carbonyl (C=O) groups is 1. The highest BCUT2D eigenvalue weighted by Crippen LogP contribution is 2.62. The summed E-state index contributed by atoms with van der Waals surface area (Å²) in [4.78, 5) is 20.4. The molecule has 0 rings (SSSR count). The molecular weight excluding hydrogens is 333 g/mol. The molecule has 0 spiro atoms. The van der Waals surface area contributed by atoms with Gasteiger partial charge in [-0.15, -0.1) is 0 Å². The second-order valence-corrected chi connectivity index (χ2v) is 6.43. The van der Waals surface area contributed by atoms with Gasteiger partial charge in [0, 0.05) is 0 Å². The molecule has 1 unspecified atom stereocenters. The van der Waals surface area contributed by atoms with Crippen molar-refractivity contribution in [3.05, 3.63) is 0 Å². The molecule has 0 aliphatic rings. The van der Waals surface area contributed by atoms with Gasteiger partial charge in [-0.1, -0.05) is 6.92 Å². The van der Waals surface area contributed by atoms with Crippen molar-refractivity contribution in [2.75, 3.05) is 6.61 Å². The molecule has 0 radical (unpaired) electrons. The number of rotatable bonds is 7. The van der Waals surface area contributed by atoms with Crippen molar-refractivity contribution in [3.8, 4) is 0 Å². The lowest BCUT2D eigenvalue weighted by Crippen LogP contribution is -2.46. The third kappa shape index (κ3) is 5.84. The molecule has 0 saturated carbocycles. The Kier molecular flexibility index (Phi) is 6.28. The van der Waals surface area contributed by atoms with E-state index in [0.29, 0.717) is 0 Å². The topological polar surface area (TPSA) is 83.8 Å². The molecule has 0 amide bonds. The number of halogens is 6. The Morgan fingerprint density at radius 1 is 1.10 bits per heavy atom. The minimum atomic E-state index is -5.74. The number of carboxylic acid groups (broad SMARTS) is 1. The van der Waals surface area contributed by atoms with E-state index in [2.05, 4.69) is 4.52 Å². The standard InChI is InChI=1S/C9H13F6O5P/c1-2-3-20-21(18,19)7(6(16)17,4-8(10,11)12)5-9(13,14)15/h2-5H2,1H3,(H,16,17)(H,18,19). The van der Waals surface area contributed by atoms with E-state index >= 15 is 0 Å². The smallest absolute Gasteiger partial charge is 0.390 e. The summed E-state index contributed by atoms with van der Waals surface area (Å²) in [5.41, 5.74) is 0. The van der Waals surface area contributed by atoms with Crippen LogP contribution in [-0.4, -0.2) is 40.1 Å². The number of hydrogen-bond acceptors (Lipinski definition) is 3. The Morgan fingerprint density at radius 3 is 1.71 bits per heavy atom. The van der Waals surface area contributed by atoms with Gasteiger partial charge in [-0.2, -0.15) is 26.3 Å². The molecule has 0 aliphatic carbocycles. The Balaban J connectivity index is 5.91. The fourth-order valence-electron chi connectivity index (χ4n) is 1.54. The summed E-state index contributed by atoms with van der Waals surface area (Å²) >= 11 is 0. The van der Waals surface area contributed by atoms with Crippen LogP contribution in [0.4, 0.5) is 26.3 Å². The van der Waals surface area contributed by atoms with Crippen molar-refractivity contribution in [1.29, 1.82) is 0 Å². The predicted octanol–water partition coefficient (Wildman–Crippen LogP) is 3.33. The first-order chi connectivity index (χ1) is 9.17. The van der Waals surface area contributed by atoms with Crippen LogP contribution in [0.3, 0.4) is 0 Å². The maximum absolute atomic E-state index is 12.4. The summed E-state index contributed by atoms with van der Waals surface area (Å²) in [6, 6.07) is 0. The van der Waals surface area contributed by atoms with Crippen LogP contribution in [0.2, 0.25) is 0 Å². The molecule has 0 aliphatic heterocycles. The van der Waals surface area contributed by atoms with Gasteiger partial charge in [-0.05, 0) is 6.42 Å². The number of hydrogen-bond donors (Lipinski definition) is 2. The molecule has 12 heteroatoms. The van der Waals surface area contributed by atoms with Gasteiger partial charge in [0.1, 0.15) is 0 Å². The lowest BCUT2D eigenvalue weighted by molar-refractivity contribution is -0.183. The SMILES string of the molecule is CCCOP(=O)(O)C(CC(F)(F)F)(CC(F)(F)F)C(=O)O. The Morgan fingerprint density at radius 2 is 1.48 bits per heavy atom. The fourth-order valence-corrected chi connectivity index (χ4v) is 3.21. The molecule has 1 atom stereocenters. The summed E-state index contributed by atoms with van der Waals surface area (Å²) in [7, 11) is -5.74. The second-order valence-electron chi connectivity index (χ2n) is 4.27. The van der Waals surface area contributed by atoms with Crippen LogP contribution in [0.25, 0.3) is 0 Å². The Labute approximate surface area is 115 Å². The average molecular weight is 346 g/mol. The molecule has 0 heterocycles. The Bertz CT molecular complexity index is 402. The molecule has 126 valence electrons. The van der Waals surface area contributed by atoms with Gasteiger partial charge in [-0.25, -0.2) is 0 Å². The van der Waals surface area contributed by atoms with Crippen LogP contribution in [0, 0.1) is 0 Å². The number of alkyl halides is 6. The van der Waals surface area contributed by atoms with E-state index in [0.717, 1.165) is 0 Å². The van der Waals surface area contributed by atoms with Gasteiger partial charge in [0.25, 0.3) is 0 Å². The van der Waals surface area contributed by atoms with Crippen LogP contribution < -0.4 is 0 Å². The normalized spacial score (nSPS) is 16.6. The van der Waals surface area contributed by atoms with E-state index in [9.17, 15) is 40.6 Å². The monoisotopic (exact) mass is 346 g/mol. The second kappa shape index (κ2) is 6.53. The van der Waals surface area contributed by atoms with Crippen LogP contribution in [0.5, 0.6) is 0 Å². The first kappa shape index (κ1) is 20.2. The van der Waals surface area contributed by atoms with Crippen molar-refractivity contribution in [2.24, 2.45) is 0 Å². The van der Waals surface area contributed by atoms with Crippen molar-refractivity contribution in [1.82, 2.24) is 0 Å². The molecule has 2 N–H and O–H groups in total. The van der Waals surface area contributed by atoms with E-state index in [1.807, 2.05) is 0 Å². The molecule has 0 aromatic heterocycles. The van der Waals surface area contributed by atoms with Crippen molar-refractivity contribution in [2.45, 2.75) is 43.7 Å². The zero-order valence-corrected chi connectivity index (χ0v) is 11.6. The van der Waals surface area contributed by atoms with Crippen molar-refractivity contribution in [3.63, 3.8) is 0 Å². The van der Waals surface area contributed by atoms with Gasteiger partial charge in [0.2, 0.25) is 0 Å². The maximum atomic E-state index is 12.4. The van der Waals surface area contributed by atoms with Crippen LogP contribution in [-0.2, 0) is 13.9 Å². The molecule has 5 nitrogen and oxygen atoms in total. The molecular formula is C9H13F6O5P. The predicted molar refractivity (Wildman–Crippen MR) is 57.8 cm³/mol. The van der Waals surface area contributed by atoms with E-state index in [4.69, 9.17) is 5.11 Å². The lowest BCUT2D eigenvalue weighted by Gasteiger charge is -2.33. The van der Waals surface area contributed by atoms with Gasteiger partial charge in [0.15, 0.2) is 5.16 Å². The molecule has 0 fully saturated rings. The van der Waals surface area contributed by atoms with Crippen LogP contribution >= 0.6 is 7.60 Å². The third-order valence-corrected chi connectivity index (χ3v) is 4.52. The minimum Gasteiger partial charge on any atom is -0.480 e. The third-order valence-electron chi connectivity index (χ3n) is 2.40. The first-order valence-corrected chi connectivity index (χ1v) is 7.09. The minimum absolute atomic E-state index is 0.00170. The maximum Gasteiger partial charge on any atom is 0.390 e. The van der Waals surface area contributed by atoms with Gasteiger partial charge < -0.3 is 14.5 Å². The summed E-state index contributed by atoms with van der Waals surface area (Å²) in [5.74, 6) is -2.70. The average Bonchev–Trinajstić information content (AvgIpc) is 2.20. The summed E-state index contributed by atoms with van der Waals surface area (Å²) < 4.78 is 90.4. The Hall–Kier alpha value is -0.800. The van der Waals surface area contributed by atoms with E-state index in [1.54, 1.807) is 0 Å². The van der Waals surface area contributed by atoms with E-state index < -0.39 is 50.5 Å². The van der Waals surface area contributed by atoms with E-state index in [1.165, 1.54) is 6.92 Å². The molecule has 0 saturated heterocycles. The van der Waals surface area contributed by atoms with Crippen LogP contribution in [0.15, 0.2) is 0 Å². The molecule has 21 heavy (non-hydrogen) atoms. The summed E-state index contributed by atoms with van der Waals surface area (Å²) in [5, 5.41) is 4.74. The zero-order chi connectivity index (χ0) is 17.1. The molecule has 0 aromatic rings. The highest BCUT2D eigenvalue weighted by molar-refractivity contribution is 7.55. The lowest BCUT2D eigenvalue weighted by atomic mass is 9.99. The van der Waals surface area contributed by atoms with Gasteiger partial charge in [0.05, 0.1) is 19.4 Å². The molecule has 0 bridgehead atoms. The number of carboxylic acids is 1. The first-order valence-electron chi connectivity index (χ1n) is 5.51. The fraction of sp³-hybridized carbons (Fsp3) is 0.889. The van der Waals surface area contributed by atoms with Gasteiger partial charge >= 0.3 is 25.9 Å². The van der Waals surface area contributed by atoms with Crippen molar-refractivity contribution >= 4 is 13.6 Å². The summed E-state index contributed by atoms with van der Waals surface area (Å²) in [6.45, 7) is 0.717. The van der Waals surface area contributed by atoms with Crippen LogP contribution in [0.1, 0.15) is 26.2 Å². The summed E-state index contributed by atoms with van der Waals surface area (Å²) in [6.07, 6.45) is -16.1. The molecule has 0 aromatic carbocycles. The highest BCUT2D eigenvalue weighted by atomic mass is 31.2.